The molecule has 0 aliphatic carbocycles. The van der Waals surface area contributed by atoms with Gasteiger partial charge in [-0.3, -0.25) is 4.98 Å². The molecule has 0 fully saturated rings. The van der Waals surface area contributed by atoms with E-state index in [9.17, 15) is 4.39 Å². The summed E-state index contributed by atoms with van der Waals surface area (Å²) in [7, 11) is 0. The van der Waals surface area contributed by atoms with Crippen LogP contribution in [-0.2, 0) is 6.54 Å². The second-order valence-corrected chi connectivity index (χ2v) is 5.38. The fourth-order valence-corrected chi connectivity index (χ4v) is 2.77. The first-order valence-electron chi connectivity index (χ1n) is 7.41. The highest BCUT2D eigenvalue weighted by atomic mass is 19.1. The van der Waals surface area contributed by atoms with Gasteiger partial charge in [0.05, 0.1) is 11.0 Å². The van der Waals surface area contributed by atoms with E-state index in [0.29, 0.717) is 6.54 Å². The monoisotopic (exact) mass is 303 g/mol. The summed E-state index contributed by atoms with van der Waals surface area (Å²) in [6.45, 7) is 0.565. The summed E-state index contributed by atoms with van der Waals surface area (Å²) < 4.78 is 15.6. The molecule has 2 aromatic heterocycles. The molecule has 2 aromatic carbocycles. The number of para-hydroxylation sites is 2. The highest BCUT2D eigenvalue weighted by Gasteiger charge is 2.12. The van der Waals surface area contributed by atoms with Crippen LogP contribution in [-0.4, -0.2) is 14.5 Å². The zero-order valence-corrected chi connectivity index (χ0v) is 12.4. The maximum atomic E-state index is 13.5. The molecular formula is C19H14FN3. The van der Waals surface area contributed by atoms with Crippen LogP contribution >= 0.6 is 0 Å². The van der Waals surface area contributed by atoms with E-state index < -0.39 is 0 Å². The van der Waals surface area contributed by atoms with Crippen LogP contribution in [0.4, 0.5) is 4.39 Å². The van der Waals surface area contributed by atoms with Crippen LogP contribution in [0.15, 0.2) is 73.1 Å². The van der Waals surface area contributed by atoms with E-state index in [-0.39, 0.29) is 5.82 Å². The topological polar surface area (TPSA) is 30.7 Å². The number of hydrogen-bond donors (Lipinski definition) is 0. The fraction of sp³-hybridized carbons (Fsp3) is 0.0526. The number of halogens is 1. The number of rotatable bonds is 3. The van der Waals surface area contributed by atoms with E-state index in [1.54, 1.807) is 24.5 Å². The zero-order chi connectivity index (χ0) is 15.6. The molecule has 4 heteroatoms. The van der Waals surface area contributed by atoms with E-state index in [4.69, 9.17) is 4.98 Å². The number of hydrogen-bond acceptors (Lipinski definition) is 2. The SMILES string of the molecule is Fc1cccc(Cn2c(-c3ccncc3)nc3ccccc32)c1. The highest BCUT2D eigenvalue weighted by molar-refractivity contribution is 5.80. The summed E-state index contributed by atoms with van der Waals surface area (Å²) in [5.41, 5.74) is 3.86. The van der Waals surface area contributed by atoms with Gasteiger partial charge in [-0.05, 0) is 42.0 Å². The average Bonchev–Trinajstić information content (AvgIpc) is 2.95. The molecule has 0 bridgehead atoms. The molecule has 3 nitrogen and oxygen atoms in total. The fourth-order valence-electron chi connectivity index (χ4n) is 2.77. The van der Waals surface area contributed by atoms with Crippen molar-refractivity contribution in [1.82, 2.24) is 14.5 Å². The van der Waals surface area contributed by atoms with Gasteiger partial charge in [0.15, 0.2) is 0 Å². The maximum Gasteiger partial charge on any atom is 0.141 e. The van der Waals surface area contributed by atoms with Crippen LogP contribution in [0.2, 0.25) is 0 Å². The lowest BCUT2D eigenvalue weighted by molar-refractivity contribution is 0.624. The number of nitrogens with zero attached hydrogens (tertiary/aromatic N) is 3. The van der Waals surface area contributed by atoms with Crippen LogP contribution in [0.3, 0.4) is 0 Å². The molecule has 2 heterocycles. The molecule has 0 unspecified atom stereocenters. The Bertz CT molecular complexity index is 961. The Hall–Kier alpha value is -3.01. The summed E-state index contributed by atoms with van der Waals surface area (Å²) in [5.74, 6) is 0.634. The van der Waals surface area contributed by atoms with Crippen molar-refractivity contribution in [2.45, 2.75) is 6.54 Å². The van der Waals surface area contributed by atoms with Gasteiger partial charge in [-0.1, -0.05) is 24.3 Å². The average molecular weight is 303 g/mol. The minimum absolute atomic E-state index is 0.225. The van der Waals surface area contributed by atoms with E-state index in [1.165, 1.54) is 6.07 Å². The third kappa shape index (κ3) is 2.59. The standard InChI is InChI=1S/C19H14FN3/c20-16-5-3-4-14(12-16)13-23-18-7-2-1-6-17(18)22-19(23)15-8-10-21-11-9-15/h1-12H,13H2. The second kappa shape index (κ2) is 5.65. The predicted octanol–water partition coefficient (Wildman–Crippen LogP) is 4.29. The summed E-state index contributed by atoms with van der Waals surface area (Å²) >= 11 is 0. The molecule has 0 amide bonds. The molecule has 112 valence electrons. The van der Waals surface area contributed by atoms with Crippen LogP contribution < -0.4 is 0 Å². The molecular weight excluding hydrogens is 289 g/mol. The highest BCUT2D eigenvalue weighted by Crippen LogP contribution is 2.25. The van der Waals surface area contributed by atoms with Gasteiger partial charge in [0, 0.05) is 24.5 Å². The van der Waals surface area contributed by atoms with E-state index in [0.717, 1.165) is 28.0 Å². The largest absolute Gasteiger partial charge is 0.319 e. The Morgan fingerprint density at radius 3 is 2.57 bits per heavy atom. The van der Waals surface area contributed by atoms with E-state index in [2.05, 4.69) is 9.55 Å². The molecule has 0 atom stereocenters. The first-order chi connectivity index (χ1) is 11.3. The van der Waals surface area contributed by atoms with Crippen molar-refractivity contribution in [1.29, 1.82) is 0 Å². The van der Waals surface area contributed by atoms with Gasteiger partial charge in [0.1, 0.15) is 11.6 Å². The normalized spacial score (nSPS) is 11.0. The Kier molecular flexibility index (Phi) is 3.35. The molecule has 0 spiro atoms. The Labute approximate surface area is 133 Å². The van der Waals surface area contributed by atoms with Crippen molar-refractivity contribution >= 4 is 11.0 Å². The first-order valence-corrected chi connectivity index (χ1v) is 7.41. The lowest BCUT2D eigenvalue weighted by atomic mass is 10.2. The number of imidazole rings is 1. The number of aromatic nitrogens is 3. The van der Waals surface area contributed by atoms with Crippen molar-refractivity contribution in [3.8, 4) is 11.4 Å². The van der Waals surface area contributed by atoms with Gasteiger partial charge in [-0.15, -0.1) is 0 Å². The van der Waals surface area contributed by atoms with Gasteiger partial charge < -0.3 is 4.57 Å². The maximum absolute atomic E-state index is 13.5. The molecule has 23 heavy (non-hydrogen) atoms. The Morgan fingerprint density at radius 2 is 1.74 bits per heavy atom. The summed E-state index contributed by atoms with van der Waals surface area (Å²) in [5, 5.41) is 0. The Balaban J connectivity index is 1.89. The van der Waals surface area contributed by atoms with E-state index in [1.807, 2.05) is 42.5 Å². The van der Waals surface area contributed by atoms with Crippen molar-refractivity contribution in [3.63, 3.8) is 0 Å². The van der Waals surface area contributed by atoms with Gasteiger partial charge in [-0.25, -0.2) is 9.37 Å². The summed E-state index contributed by atoms with van der Waals surface area (Å²) in [6.07, 6.45) is 3.50. The predicted molar refractivity (Wildman–Crippen MR) is 88.5 cm³/mol. The molecule has 4 aromatic rings. The molecule has 0 saturated heterocycles. The van der Waals surface area contributed by atoms with Gasteiger partial charge in [-0.2, -0.15) is 0 Å². The zero-order valence-electron chi connectivity index (χ0n) is 12.4. The van der Waals surface area contributed by atoms with Gasteiger partial charge in [0.25, 0.3) is 0 Å². The smallest absolute Gasteiger partial charge is 0.141 e. The summed E-state index contributed by atoms with van der Waals surface area (Å²) in [4.78, 5) is 8.81. The summed E-state index contributed by atoms with van der Waals surface area (Å²) in [6, 6.07) is 18.5. The number of benzene rings is 2. The van der Waals surface area contributed by atoms with E-state index >= 15 is 0 Å². The third-order valence-electron chi connectivity index (χ3n) is 3.82. The van der Waals surface area contributed by atoms with Crippen LogP contribution in [0.5, 0.6) is 0 Å². The van der Waals surface area contributed by atoms with Crippen molar-refractivity contribution < 1.29 is 4.39 Å². The number of fused-ring (bicyclic) bond motifs is 1. The first kappa shape index (κ1) is 13.6. The molecule has 0 N–H and O–H groups in total. The van der Waals surface area contributed by atoms with Crippen molar-refractivity contribution in [3.05, 3.63) is 84.4 Å². The molecule has 4 rings (SSSR count). The van der Waals surface area contributed by atoms with Gasteiger partial charge in [0.2, 0.25) is 0 Å². The second-order valence-electron chi connectivity index (χ2n) is 5.38. The number of pyridine rings is 1. The van der Waals surface area contributed by atoms with Crippen molar-refractivity contribution in [2.75, 3.05) is 0 Å². The Morgan fingerprint density at radius 1 is 0.913 bits per heavy atom. The lowest BCUT2D eigenvalue weighted by Gasteiger charge is -2.09. The van der Waals surface area contributed by atoms with Crippen LogP contribution in [0, 0.1) is 5.82 Å². The van der Waals surface area contributed by atoms with Crippen molar-refractivity contribution in [2.24, 2.45) is 0 Å². The molecule has 0 saturated carbocycles. The van der Waals surface area contributed by atoms with Crippen LogP contribution in [0.1, 0.15) is 5.56 Å². The molecule has 0 radical (unpaired) electrons. The molecule has 0 aliphatic heterocycles. The third-order valence-corrected chi connectivity index (χ3v) is 3.82. The minimum Gasteiger partial charge on any atom is -0.319 e. The van der Waals surface area contributed by atoms with Gasteiger partial charge >= 0.3 is 0 Å². The quantitative estimate of drug-likeness (QED) is 0.565. The lowest BCUT2D eigenvalue weighted by Crippen LogP contribution is -2.02. The minimum atomic E-state index is -0.225. The van der Waals surface area contributed by atoms with Crippen LogP contribution in [0.25, 0.3) is 22.4 Å². The molecule has 0 aliphatic rings.